The Morgan fingerprint density at radius 3 is 2.86 bits per heavy atom. The molecule has 0 bridgehead atoms. The number of fused-ring (bicyclic) bond motifs is 2. The molecule has 0 radical (unpaired) electrons. The van der Waals surface area contributed by atoms with Crippen molar-refractivity contribution in [3.8, 4) is 16.9 Å². The average Bonchev–Trinajstić information content (AvgIpc) is 3.39. The molecule has 0 amide bonds. The van der Waals surface area contributed by atoms with Crippen LogP contribution in [0.1, 0.15) is 17.5 Å². The summed E-state index contributed by atoms with van der Waals surface area (Å²) in [5.74, 6) is 2.72. The van der Waals surface area contributed by atoms with Crippen molar-refractivity contribution in [3.63, 3.8) is 0 Å². The van der Waals surface area contributed by atoms with E-state index in [0.29, 0.717) is 23.9 Å². The number of aromatic nitrogens is 7. The minimum atomic E-state index is 0.440. The van der Waals surface area contributed by atoms with Gasteiger partial charge in [0.15, 0.2) is 11.5 Å². The van der Waals surface area contributed by atoms with Crippen LogP contribution in [-0.4, -0.2) is 41.4 Å². The Morgan fingerprint density at radius 2 is 2.07 bits per heavy atom. The molecule has 28 heavy (non-hydrogen) atoms. The van der Waals surface area contributed by atoms with Crippen LogP contribution >= 0.6 is 0 Å². The van der Waals surface area contributed by atoms with Gasteiger partial charge in [0.1, 0.15) is 23.6 Å². The summed E-state index contributed by atoms with van der Waals surface area (Å²) in [6, 6.07) is 5.91. The van der Waals surface area contributed by atoms with E-state index in [1.807, 2.05) is 36.0 Å². The lowest BCUT2D eigenvalue weighted by Gasteiger charge is -2.07. The highest BCUT2D eigenvalue weighted by atomic mass is 16.5. The first kappa shape index (κ1) is 16.4. The van der Waals surface area contributed by atoms with Crippen LogP contribution in [0.25, 0.3) is 27.8 Å². The first-order chi connectivity index (χ1) is 13.6. The fraction of sp³-hybridized carbons (Fsp3) is 0.211. The summed E-state index contributed by atoms with van der Waals surface area (Å²) >= 11 is 0. The van der Waals surface area contributed by atoms with Gasteiger partial charge in [0, 0.05) is 29.6 Å². The highest BCUT2D eigenvalue weighted by molar-refractivity contribution is 5.88. The Morgan fingerprint density at radius 1 is 1.18 bits per heavy atom. The van der Waals surface area contributed by atoms with Crippen LogP contribution in [0, 0.1) is 13.8 Å². The van der Waals surface area contributed by atoms with Crippen molar-refractivity contribution in [2.75, 3.05) is 7.11 Å². The lowest BCUT2D eigenvalue weighted by atomic mass is 10.1. The standard InChI is InChI=1S/C19H17N7O2/c1-11-22-17(28-24-11)10-25-12(2)23-19-15(25)8-13(9-20-19)14-5-7-26-18(14)16(27-3)4-6-21-26/h4-9H,10H2,1-3H3. The molecule has 5 heterocycles. The van der Waals surface area contributed by atoms with Gasteiger partial charge in [0.2, 0.25) is 5.89 Å². The van der Waals surface area contributed by atoms with E-state index in [-0.39, 0.29) is 0 Å². The third-order valence-electron chi connectivity index (χ3n) is 4.71. The second-order valence-corrected chi connectivity index (χ2v) is 6.47. The number of ether oxygens (including phenoxy) is 1. The molecule has 0 fully saturated rings. The van der Waals surface area contributed by atoms with Gasteiger partial charge < -0.3 is 13.8 Å². The molecule has 0 aliphatic carbocycles. The highest BCUT2D eigenvalue weighted by Crippen LogP contribution is 2.32. The van der Waals surface area contributed by atoms with E-state index in [2.05, 4.69) is 31.3 Å². The zero-order chi connectivity index (χ0) is 19.3. The van der Waals surface area contributed by atoms with Crippen LogP contribution in [0.2, 0.25) is 0 Å². The van der Waals surface area contributed by atoms with Crippen molar-refractivity contribution in [2.24, 2.45) is 0 Å². The summed E-state index contributed by atoms with van der Waals surface area (Å²) in [7, 11) is 1.65. The maximum atomic E-state index is 5.52. The number of imidazole rings is 1. The van der Waals surface area contributed by atoms with E-state index in [9.17, 15) is 0 Å². The first-order valence-corrected chi connectivity index (χ1v) is 8.77. The smallest absolute Gasteiger partial charge is 0.246 e. The lowest BCUT2D eigenvalue weighted by molar-refractivity contribution is 0.368. The Kier molecular flexibility index (Phi) is 3.61. The number of nitrogens with zero attached hydrogens (tertiary/aromatic N) is 7. The van der Waals surface area contributed by atoms with E-state index < -0.39 is 0 Å². The molecular weight excluding hydrogens is 358 g/mol. The molecule has 0 saturated carbocycles. The van der Waals surface area contributed by atoms with Crippen LogP contribution in [0.15, 0.2) is 41.3 Å². The number of methoxy groups -OCH3 is 1. The Labute approximate surface area is 159 Å². The van der Waals surface area contributed by atoms with Crippen LogP contribution < -0.4 is 4.74 Å². The summed E-state index contributed by atoms with van der Waals surface area (Å²) in [6.45, 7) is 4.17. The third-order valence-corrected chi connectivity index (χ3v) is 4.71. The van der Waals surface area contributed by atoms with Crippen LogP contribution in [0.4, 0.5) is 0 Å². The number of rotatable bonds is 4. The maximum Gasteiger partial charge on any atom is 0.246 e. The van der Waals surface area contributed by atoms with Crippen molar-refractivity contribution < 1.29 is 9.26 Å². The zero-order valence-corrected chi connectivity index (χ0v) is 15.6. The molecule has 5 aromatic heterocycles. The van der Waals surface area contributed by atoms with E-state index in [1.54, 1.807) is 24.7 Å². The maximum absolute atomic E-state index is 5.52. The molecule has 9 heteroatoms. The van der Waals surface area contributed by atoms with E-state index >= 15 is 0 Å². The SMILES string of the molecule is COc1ccnn2ccc(-c3cnc4nc(C)n(Cc5nc(C)no5)c4c3)c12. The number of aryl methyl sites for hydroxylation is 2. The van der Waals surface area contributed by atoms with E-state index in [0.717, 1.165) is 33.7 Å². The van der Waals surface area contributed by atoms with Gasteiger partial charge in [-0.05, 0) is 26.0 Å². The molecule has 0 saturated heterocycles. The van der Waals surface area contributed by atoms with Gasteiger partial charge in [0.05, 0.1) is 18.8 Å². The van der Waals surface area contributed by atoms with Gasteiger partial charge in [-0.15, -0.1) is 0 Å². The number of pyridine rings is 1. The predicted octanol–water partition coefficient (Wildman–Crippen LogP) is 2.80. The number of hydrogen-bond acceptors (Lipinski definition) is 7. The Bertz CT molecular complexity index is 1310. The monoisotopic (exact) mass is 375 g/mol. The van der Waals surface area contributed by atoms with Crippen LogP contribution in [-0.2, 0) is 6.54 Å². The molecule has 9 nitrogen and oxygen atoms in total. The first-order valence-electron chi connectivity index (χ1n) is 8.77. The third kappa shape index (κ3) is 2.51. The van der Waals surface area contributed by atoms with Crippen LogP contribution in [0.5, 0.6) is 5.75 Å². The highest BCUT2D eigenvalue weighted by Gasteiger charge is 2.16. The van der Waals surface area contributed by atoms with Crippen molar-refractivity contribution in [2.45, 2.75) is 20.4 Å². The molecule has 5 aromatic rings. The molecule has 5 rings (SSSR count). The molecule has 0 aromatic carbocycles. The van der Waals surface area contributed by atoms with Crippen LogP contribution in [0.3, 0.4) is 0 Å². The minimum Gasteiger partial charge on any atom is -0.494 e. The Hall–Kier alpha value is -3.75. The lowest BCUT2D eigenvalue weighted by Crippen LogP contribution is -2.02. The summed E-state index contributed by atoms with van der Waals surface area (Å²) in [5.41, 5.74) is 4.39. The molecular formula is C19H17N7O2. The molecule has 0 aliphatic heterocycles. The molecule has 140 valence electrons. The second kappa shape index (κ2) is 6.15. The molecule has 0 spiro atoms. The molecule has 0 aliphatic rings. The van der Waals surface area contributed by atoms with E-state index in [4.69, 9.17) is 9.26 Å². The van der Waals surface area contributed by atoms with Crippen molar-refractivity contribution in [3.05, 3.63) is 54.3 Å². The van der Waals surface area contributed by atoms with Crippen molar-refractivity contribution >= 4 is 16.7 Å². The zero-order valence-electron chi connectivity index (χ0n) is 15.6. The summed E-state index contributed by atoms with van der Waals surface area (Å²) in [5, 5.41) is 8.21. The summed E-state index contributed by atoms with van der Waals surface area (Å²) in [4.78, 5) is 13.4. The van der Waals surface area contributed by atoms with Crippen molar-refractivity contribution in [1.82, 2.24) is 34.3 Å². The summed E-state index contributed by atoms with van der Waals surface area (Å²) in [6.07, 6.45) is 5.43. The summed E-state index contributed by atoms with van der Waals surface area (Å²) < 4.78 is 14.6. The van der Waals surface area contributed by atoms with Gasteiger partial charge in [0.25, 0.3) is 0 Å². The van der Waals surface area contributed by atoms with Gasteiger partial charge in [-0.1, -0.05) is 5.16 Å². The topological polar surface area (TPSA) is 96.2 Å². The predicted molar refractivity (Wildman–Crippen MR) is 101 cm³/mol. The van der Waals surface area contributed by atoms with Gasteiger partial charge in [-0.25, -0.2) is 14.5 Å². The quantitative estimate of drug-likeness (QED) is 0.476. The molecule has 0 unspecified atom stereocenters. The molecule has 0 N–H and O–H groups in total. The molecule has 0 atom stereocenters. The van der Waals surface area contributed by atoms with Gasteiger partial charge in [-0.2, -0.15) is 10.1 Å². The van der Waals surface area contributed by atoms with Crippen molar-refractivity contribution in [1.29, 1.82) is 0 Å². The number of hydrogen-bond donors (Lipinski definition) is 0. The second-order valence-electron chi connectivity index (χ2n) is 6.47. The minimum absolute atomic E-state index is 0.440. The van der Waals surface area contributed by atoms with Gasteiger partial charge in [-0.3, -0.25) is 0 Å². The normalized spacial score (nSPS) is 11.5. The largest absolute Gasteiger partial charge is 0.494 e. The fourth-order valence-electron chi connectivity index (χ4n) is 3.42. The van der Waals surface area contributed by atoms with Gasteiger partial charge >= 0.3 is 0 Å². The average molecular weight is 375 g/mol. The Balaban J connectivity index is 1.67. The fourth-order valence-corrected chi connectivity index (χ4v) is 3.42. The van der Waals surface area contributed by atoms with E-state index in [1.165, 1.54) is 0 Å².